The highest BCUT2D eigenvalue weighted by atomic mass is 32.2. The van der Waals surface area contributed by atoms with Crippen molar-refractivity contribution in [1.82, 2.24) is 0 Å². The minimum Gasteiger partial charge on any atom is -0.369 e. The molecule has 0 unspecified atom stereocenters. The molecule has 1 rings (SSSR count). The lowest BCUT2D eigenvalue weighted by atomic mass is 10.3. The average Bonchev–Trinajstić information content (AvgIpc) is 1.97. The quantitative estimate of drug-likeness (QED) is 0.756. The number of benzene rings is 1. The van der Waals surface area contributed by atoms with Crippen molar-refractivity contribution in [3.63, 3.8) is 0 Å². The van der Waals surface area contributed by atoms with E-state index in [2.05, 4.69) is 5.32 Å². The van der Waals surface area contributed by atoms with Gasteiger partial charge in [0.1, 0.15) is 17.5 Å². The molecule has 2 N–H and O–H groups in total. The Balaban J connectivity index is 2.78. The van der Waals surface area contributed by atoms with Crippen LogP contribution in [0.2, 0.25) is 0 Å². The first-order valence-corrected chi connectivity index (χ1v) is 5.13. The maximum Gasteiger partial charge on any atom is 0.283 e. The highest BCUT2D eigenvalue weighted by molar-refractivity contribution is 7.85. The van der Waals surface area contributed by atoms with Crippen molar-refractivity contribution >= 4 is 15.8 Å². The number of halogens is 2. The fourth-order valence-corrected chi connectivity index (χ4v) is 1.18. The van der Waals surface area contributed by atoms with Gasteiger partial charge >= 0.3 is 0 Å². The molecule has 0 aromatic heterocycles. The Bertz CT molecular complexity index is 412. The van der Waals surface area contributed by atoms with E-state index in [0.29, 0.717) is 6.07 Å². The highest BCUT2D eigenvalue weighted by Crippen LogP contribution is 2.12. The van der Waals surface area contributed by atoms with Crippen molar-refractivity contribution in [1.29, 1.82) is 0 Å². The summed E-state index contributed by atoms with van der Waals surface area (Å²) in [5.74, 6) is -2.46. The maximum atomic E-state index is 12.6. The second-order valence-electron chi connectivity index (χ2n) is 2.56. The van der Waals surface area contributed by atoms with Crippen LogP contribution in [-0.2, 0) is 10.1 Å². The van der Waals surface area contributed by atoms with E-state index in [0.717, 1.165) is 12.1 Å². The molecule has 0 aliphatic rings. The second-order valence-corrected chi connectivity index (χ2v) is 4.01. The first kappa shape index (κ1) is 10.9. The fourth-order valence-electron chi connectivity index (χ4n) is 0.830. The lowest BCUT2D eigenvalue weighted by molar-refractivity contribution is 0.485. The van der Waals surface area contributed by atoms with Gasteiger partial charge in [-0.2, -0.15) is 8.42 Å². The van der Waals surface area contributed by atoms with Crippen molar-refractivity contribution in [2.45, 2.75) is 0 Å². The minimum absolute atomic E-state index is 0.0554. The summed E-state index contributed by atoms with van der Waals surface area (Å²) in [6, 6.07) is 2.47. The van der Waals surface area contributed by atoms with E-state index in [9.17, 15) is 17.2 Å². The predicted molar refractivity (Wildman–Crippen MR) is 46.4 cm³/mol. The average molecular weight is 223 g/mol. The summed E-state index contributed by atoms with van der Waals surface area (Å²) in [6.45, 7) is 0. The lowest BCUT2D eigenvalue weighted by Gasteiger charge is -2.03. The van der Waals surface area contributed by atoms with Gasteiger partial charge in [-0.1, -0.05) is 0 Å². The van der Waals surface area contributed by atoms with Gasteiger partial charge in [0.2, 0.25) is 0 Å². The molecule has 1 aromatic rings. The molecule has 78 valence electrons. The Hall–Kier alpha value is -1.21. The molecule has 14 heavy (non-hydrogen) atoms. The molecule has 0 fully saturated rings. The molecule has 0 spiro atoms. The molecule has 0 saturated heterocycles. The molecule has 4 nitrogen and oxygen atoms in total. The van der Waals surface area contributed by atoms with Crippen LogP contribution in [0.3, 0.4) is 0 Å². The molecule has 7 heteroatoms. The van der Waals surface area contributed by atoms with E-state index in [4.69, 9.17) is 4.55 Å². The van der Waals surface area contributed by atoms with Crippen LogP contribution in [0.1, 0.15) is 0 Å². The third-order valence-corrected chi connectivity index (χ3v) is 1.83. The number of hydrogen-bond donors (Lipinski definition) is 2. The normalized spacial score (nSPS) is 11.4. The predicted octanol–water partition coefficient (Wildman–Crippen LogP) is 1.22. The van der Waals surface area contributed by atoms with Crippen LogP contribution in [0.4, 0.5) is 14.5 Å². The molecule has 0 aliphatic carbocycles. The molecule has 0 aliphatic heterocycles. The Morgan fingerprint density at radius 2 is 1.71 bits per heavy atom. The summed E-state index contributed by atoms with van der Waals surface area (Å²) in [5.41, 5.74) is -0.0554. The Morgan fingerprint density at radius 3 is 2.14 bits per heavy atom. The van der Waals surface area contributed by atoms with Gasteiger partial charge in [-0.15, -0.1) is 0 Å². The number of anilines is 1. The van der Waals surface area contributed by atoms with Crippen LogP contribution in [0.5, 0.6) is 0 Å². The zero-order valence-corrected chi connectivity index (χ0v) is 7.68. The summed E-state index contributed by atoms with van der Waals surface area (Å²) in [7, 11) is -4.20. The molecule has 0 atom stereocenters. The van der Waals surface area contributed by atoms with Gasteiger partial charge in [0, 0.05) is 11.8 Å². The molecule has 0 radical (unpaired) electrons. The SMILES string of the molecule is O=S(=O)(O)CNc1cc(F)cc(F)c1. The van der Waals surface area contributed by atoms with Gasteiger partial charge in [-0.3, -0.25) is 4.55 Å². The Labute approximate surface area is 79.3 Å². The third kappa shape index (κ3) is 3.67. The second kappa shape index (κ2) is 3.89. The van der Waals surface area contributed by atoms with E-state index < -0.39 is 27.6 Å². The van der Waals surface area contributed by atoms with Gasteiger partial charge in [0.05, 0.1) is 0 Å². The van der Waals surface area contributed by atoms with Crippen molar-refractivity contribution in [3.05, 3.63) is 29.8 Å². The smallest absolute Gasteiger partial charge is 0.283 e. The standard InChI is InChI=1S/C7H7F2NO3S/c8-5-1-6(9)3-7(2-5)10-4-14(11,12)13/h1-3,10H,4H2,(H,11,12,13). The van der Waals surface area contributed by atoms with Gasteiger partial charge in [-0.05, 0) is 12.1 Å². The molecular formula is C7H7F2NO3S. The Morgan fingerprint density at radius 1 is 1.21 bits per heavy atom. The Kier molecular flexibility index (Phi) is 3.02. The zero-order chi connectivity index (χ0) is 10.8. The number of hydrogen-bond acceptors (Lipinski definition) is 3. The van der Waals surface area contributed by atoms with Crippen molar-refractivity contribution < 1.29 is 21.8 Å². The summed E-state index contributed by atoms with van der Waals surface area (Å²) >= 11 is 0. The highest BCUT2D eigenvalue weighted by Gasteiger charge is 2.05. The van der Waals surface area contributed by atoms with E-state index in [-0.39, 0.29) is 5.69 Å². The van der Waals surface area contributed by atoms with Gasteiger partial charge < -0.3 is 5.32 Å². The van der Waals surface area contributed by atoms with Crippen molar-refractivity contribution in [2.75, 3.05) is 11.2 Å². The van der Waals surface area contributed by atoms with Gasteiger partial charge in [0.25, 0.3) is 10.1 Å². The molecule has 0 heterocycles. The van der Waals surface area contributed by atoms with Crippen LogP contribution in [-0.4, -0.2) is 18.8 Å². The monoisotopic (exact) mass is 223 g/mol. The van der Waals surface area contributed by atoms with E-state index in [1.165, 1.54) is 0 Å². The molecule has 1 aromatic carbocycles. The van der Waals surface area contributed by atoms with E-state index in [1.54, 1.807) is 0 Å². The summed E-state index contributed by atoms with van der Waals surface area (Å²) < 4.78 is 54.0. The fraction of sp³-hybridized carbons (Fsp3) is 0.143. The number of nitrogens with one attached hydrogen (secondary N) is 1. The topological polar surface area (TPSA) is 66.4 Å². The summed E-state index contributed by atoms with van der Waals surface area (Å²) in [4.78, 5) is 0. The van der Waals surface area contributed by atoms with Crippen molar-refractivity contribution in [2.24, 2.45) is 0 Å². The first-order chi connectivity index (χ1) is 6.37. The van der Waals surface area contributed by atoms with Crippen LogP contribution >= 0.6 is 0 Å². The molecule has 0 saturated carbocycles. The maximum absolute atomic E-state index is 12.6. The van der Waals surface area contributed by atoms with Gasteiger partial charge in [0.15, 0.2) is 0 Å². The zero-order valence-electron chi connectivity index (χ0n) is 6.87. The lowest BCUT2D eigenvalue weighted by Crippen LogP contribution is -2.13. The first-order valence-electron chi connectivity index (χ1n) is 3.52. The minimum atomic E-state index is -4.20. The summed E-state index contributed by atoms with van der Waals surface area (Å²) in [6.07, 6.45) is 0. The van der Waals surface area contributed by atoms with Crippen molar-refractivity contribution in [3.8, 4) is 0 Å². The van der Waals surface area contributed by atoms with Gasteiger partial charge in [-0.25, -0.2) is 8.78 Å². The van der Waals surface area contributed by atoms with Crippen LogP contribution < -0.4 is 5.32 Å². The van der Waals surface area contributed by atoms with Crippen LogP contribution in [0, 0.1) is 11.6 Å². The summed E-state index contributed by atoms with van der Waals surface area (Å²) in [5, 5.41) is 2.15. The third-order valence-electron chi connectivity index (χ3n) is 1.32. The van der Waals surface area contributed by atoms with E-state index in [1.807, 2.05) is 0 Å². The molecule has 0 bridgehead atoms. The van der Waals surface area contributed by atoms with E-state index >= 15 is 0 Å². The van der Waals surface area contributed by atoms with Crippen LogP contribution in [0.15, 0.2) is 18.2 Å². The number of rotatable bonds is 3. The molecular weight excluding hydrogens is 216 g/mol. The molecule has 0 amide bonds. The van der Waals surface area contributed by atoms with Crippen LogP contribution in [0.25, 0.3) is 0 Å². The largest absolute Gasteiger partial charge is 0.369 e.